The molecule has 0 aliphatic carbocycles. The Bertz CT molecular complexity index is 418. The van der Waals surface area contributed by atoms with Gasteiger partial charge in [0.1, 0.15) is 0 Å². The van der Waals surface area contributed by atoms with Crippen LogP contribution in [0.1, 0.15) is 18.4 Å². The maximum Gasteiger partial charge on any atom is 0.307 e. The SMILES string of the molecule is COC(=O)CCN1CCCc2c(N)cccc21. The van der Waals surface area contributed by atoms with Crippen molar-refractivity contribution in [3.05, 3.63) is 23.8 Å². The topological polar surface area (TPSA) is 55.6 Å². The quantitative estimate of drug-likeness (QED) is 0.637. The number of ether oxygens (including phenoxy) is 1. The predicted octanol–water partition coefficient (Wildman–Crippen LogP) is 1.58. The van der Waals surface area contributed by atoms with Crippen LogP contribution in [0.3, 0.4) is 0 Å². The number of hydrogen-bond acceptors (Lipinski definition) is 4. The fourth-order valence-electron chi connectivity index (χ4n) is 2.29. The minimum Gasteiger partial charge on any atom is -0.469 e. The summed E-state index contributed by atoms with van der Waals surface area (Å²) in [7, 11) is 1.42. The summed E-state index contributed by atoms with van der Waals surface area (Å²) in [5, 5.41) is 0. The van der Waals surface area contributed by atoms with E-state index in [1.165, 1.54) is 18.4 Å². The zero-order chi connectivity index (χ0) is 12.3. The predicted molar refractivity (Wildman–Crippen MR) is 68.0 cm³/mol. The molecule has 0 fully saturated rings. The lowest BCUT2D eigenvalue weighted by Crippen LogP contribution is -2.32. The third-order valence-corrected chi connectivity index (χ3v) is 3.20. The molecule has 2 N–H and O–H groups in total. The Kier molecular flexibility index (Phi) is 3.52. The Morgan fingerprint density at radius 2 is 2.35 bits per heavy atom. The van der Waals surface area contributed by atoms with E-state index in [1.54, 1.807) is 0 Å². The normalized spacial score (nSPS) is 14.3. The number of nitrogens with two attached hydrogens (primary N) is 1. The molecular formula is C13H18N2O2. The van der Waals surface area contributed by atoms with Crippen LogP contribution in [0.5, 0.6) is 0 Å². The lowest BCUT2D eigenvalue weighted by atomic mass is 10.00. The summed E-state index contributed by atoms with van der Waals surface area (Å²) in [5.41, 5.74) is 9.20. The van der Waals surface area contributed by atoms with Crippen LogP contribution in [0.4, 0.5) is 11.4 Å². The largest absolute Gasteiger partial charge is 0.469 e. The highest BCUT2D eigenvalue weighted by atomic mass is 16.5. The first-order valence-corrected chi connectivity index (χ1v) is 5.91. The molecule has 0 spiro atoms. The van der Waals surface area contributed by atoms with Gasteiger partial charge < -0.3 is 15.4 Å². The Morgan fingerprint density at radius 1 is 1.53 bits per heavy atom. The van der Waals surface area contributed by atoms with Gasteiger partial charge in [-0.3, -0.25) is 4.79 Å². The molecule has 0 aromatic heterocycles. The van der Waals surface area contributed by atoms with Crippen molar-refractivity contribution < 1.29 is 9.53 Å². The van der Waals surface area contributed by atoms with Gasteiger partial charge >= 0.3 is 5.97 Å². The number of hydrogen-bond donors (Lipinski definition) is 1. The summed E-state index contributed by atoms with van der Waals surface area (Å²) >= 11 is 0. The fourth-order valence-corrected chi connectivity index (χ4v) is 2.29. The van der Waals surface area contributed by atoms with Crippen LogP contribution < -0.4 is 10.6 Å². The fraction of sp³-hybridized carbons (Fsp3) is 0.462. The highest BCUT2D eigenvalue weighted by molar-refractivity contribution is 5.71. The molecule has 0 radical (unpaired) electrons. The number of esters is 1. The van der Waals surface area contributed by atoms with E-state index in [2.05, 4.69) is 15.7 Å². The second kappa shape index (κ2) is 5.08. The van der Waals surface area contributed by atoms with Gasteiger partial charge in [0.05, 0.1) is 13.5 Å². The third kappa shape index (κ3) is 2.52. The van der Waals surface area contributed by atoms with Crippen LogP contribution in [0.2, 0.25) is 0 Å². The smallest absolute Gasteiger partial charge is 0.307 e. The van der Waals surface area contributed by atoms with E-state index in [0.29, 0.717) is 13.0 Å². The van der Waals surface area contributed by atoms with E-state index in [4.69, 9.17) is 5.73 Å². The number of methoxy groups -OCH3 is 1. The van der Waals surface area contributed by atoms with Crippen molar-refractivity contribution in [2.45, 2.75) is 19.3 Å². The second-order valence-electron chi connectivity index (χ2n) is 4.26. The van der Waals surface area contributed by atoms with Gasteiger partial charge in [0.15, 0.2) is 0 Å². The maximum absolute atomic E-state index is 11.2. The van der Waals surface area contributed by atoms with E-state index in [-0.39, 0.29) is 5.97 Å². The van der Waals surface area contributed by atoms with E-state index in [0.717, 1.165) is 25.1 Å². The molecule has 4 nitrogen and oxygen atoms in total. The van der Waals surface area contributed by atoms with Crippen molar-refractivity contribution in [2.24, 2.45) is 0 Å². The molecular weight excluding hydrogens is 216 g/mol. The third-order valence-electron chi connectivity index (χ3n) is 3.20. The molecule has 0 amide bonds. The molecule has 4 heteroatoms. The van der Waals surface area contributed by atoms with Crippen LogP contribution in [0.15, 0.2) is 18.2 Å². The van der Waals surface area contributed by atoms with Gasteiger partial charge in [-0.15, -0.1) is 0 Å². The highest BCUT2D eigenvalue weighted by Gasteiger charge is 2.18. The molecule has 1 aromatic carbocycles. The van der Waals surface area contributed by atoms with E-state index >= 15 is 0 Å². The number of benzene rings is 1. The van der Waals surface area contributed by atoms with Gasteiger partial charge in [-0.05, 0) is 30.5 Å². The molecule has 1 aliphatic rings. The van der Waals surface area contributed by atoms with Gasteiger partial charge in [0.2, 0.25) is 0 Å². The van der Waals surface area contributed by atoms with Crippen LogP contribution in [-0.2, 0) is 16.0 Å². The van der Waals surface area contributed by atoms with Gasteiger partial charge in [-0.1, -0.05) is 6.07 Å². The van der Waals surface area contributed by atoms with Crippen molar-refractivity contribution in [2.75, 3.05) is 30.8 Å². The Balaban J connectivity index is 2.12. The molecule has 0 unspecified atom stereocenters. The number of fused-ring (bicyclic) bond motifs is 1. The van der Waals surface area contributed by atoms with Crippen LogP contribution in [0, 0.1) is 0 Å². The average molecular weight is 234 g/mol. The summed E-state index contributed by atoms with van der Waals surface area (Å²) in [5.74, 6) is -0.166. The van der Waals surface area contributed by atoms with E-state index in [1.807, 2.05) is 12.1 Å². The lowest BCUT2D eigenvalue weighted by molar-refractivity contribution is -0.140. The lowest BCUT2D eigenvalue weighted by Gasteiger charge is -2.31. The van der Waals surface area contributed by atoms with Gasteiger partial charge in [0.25, 0.3) is 0 Å². The van der Waals surface area contributed by atoms with Crippen molar-refractivity contribution in [3.63, 3.8) is 0 Å². The summed E-state index contributed by atoms with van der Waals surface area (Å²) in [4.78, 5) is 13.4. The number of nitrogen functional groups attached to an aromatic ring is 1. The molecule has 0 atom stereocenters. The maximum atomic E-state index is 11.2. The summed E-state index contributed by atoms with van der Waals surface area (Å²) in [6.45, 7) is 1.68. The number of carbonyl (C=O) groups excluding carboxylic acids is 1. The van der Waals surface area contributed by atoms with Crippen LogP contribution >= 0.6 is 0 Å². The molecule has 1 aromatic rings. The zero-order valence-electron chi connectivity index (χ0n) is 10.1. The van der Waals surface area contributed by atoms with Crippen LogP contribution in [-0.4, -0.2) is 26.2 Å². The van der Waals surface area contributed by atoms with Crippen molar-refractivity contribution in [1.82, 2.24) is 0 Å². The molecule has 1 heterocycles. The van der Waals surface area contributed by atoms with Gasteiger partial charge in [-0.25, -0.2) is 0 Å². The Hall–Kier alpha value is -1.71. The number of rotatable bonds is 3. The van der Waals surface area contributed by atoms with Gasteiger partial charge in [0, 0.05) is 24.5 Å². The molecule has 1 aliphatic heterocycles. The molecule has 92 valence electrons. The van der Waals surface area contributed by atoms with Gasteiger partial charge in [-0.2, -0.15) is 0 Å². The first kappa shape index (κ1) is 11.8. The summed E-state index contributed by atoms with van der Waals surface area (Å²) in [6.07, 6.45) is 2.53. The van der Waals surface area contributed by atoms with E-state index in [9.17, 15) is 4.79 Å². The summed E-state index contributed by atoms with van der Waals surface area (Å²) in [6, 6.07) is 5.97. The first-order chi connectivity index (χ1) is 8.22. The zero-order valence-corrected chi connectivity index (χ0v) is 10.1. The van der Waals surface area contributed by atoms with E-state index < -0.39 is 0 Å². The average Bonchev–Trinajstić information content (AvgIpc) is 2.36. The monoisotopic (exact) mass is 234 g/mol. The van der Waals surface area contributed by atoms with Crippen molar-refractivity contribution in [1.29, 1.82) is 0 Å². The highest BCUT2D eigenvalue weighted by Crippen LogP contribution is 2.31. The Morgan fingerprint density at radius 3 is 3.12 bits per heavy atom. The second-order valence-corrected chi connectivity index (χ2v) is 4.26. The number of nitrogens with zero attached hydrogens (tertiary/aromatic N) is 1. The minimum absolute atomic E-state index is 0.166. The standard InChI is InChI=1S/C13H18N2O2/c1-17-13(16)7-9-15-8-3-4-10-11(14)5-2-6-12(10)15/h2,5-6H,3-4,7-9,14H2,1H3. The number of carbonyl (C=O) groups is 1. The van der Waals surface area contributed by atoms with Crippen LogP contribution in [0.25, 0.3) is 0 Å². The molecule has 17 heavy (non-hydrogen) atoms. The molecule has 2 rings (SSSR count). The van der Waals surface area contributed by atoms with Crippen molar-refractivity contribution >= 4 is 17.3 Å². The molecule has 0 saturated heterocycles. The molecule has 0 bridgehead atoms. The van der Waals surface area contributed by atoms with Crippen molar-refractivity contribution in [3.8, 4) is 0 Å². The Labute approximate surface area is 101 Å². The first-order valence-electron chi connectivity index (χ1n) is 5.91. The number of anilines is 2. The summed E-state index contributed by atoms with van der Waals surface area (Å²) < 4.78 is 4.66. The molecule has 0 saturated carbocycles. The minimum atomic E-state index is -0.166.